The highest BCUT2D eigenvalue weighted by Crippen LogP contribution is 2.38. The number of nitrogens with two attached hydrogens (primary N) is 1. The number of benzene rings is 2. The molecule has 132 valence electrons. The molecule has 0 spiro atoms. The average molecular weight is 338 g/mol. The van der Waals surface area contributed by atoms with Gasteiger partial charge in [-0.2, -0.15) is 0 Å². The van der Waals surface area contributed by atoms with Crippen molar-refractivity contribution in [2.45, 2.75) is 38.9 Å². The van der Waals surface area contributed by atoms with E-state index in [4.69, 9.17) is 15.0 Å². The zero-order valence-corrected chi connectivity index (χ0v) is 15.7. The summed E-state index contributed by atoms with van der Waals surface area (Å²) in [7, 11) is 1.59. The summed E-state index contributed by atoms with van der Waals surface area (Å²) in [5, 5.41) is 5.53. The highest BCUT2D eigenvalue weighted by atomic mass is 16.7. The topological polar surface area (TPSA) is 56.5 Å². The number of nitrogens with one attached hydrogen (secondary N) is 1. The lowest BCUT2D eigenvalue weighted by atomic mass is 9.77. The van der Waals surface area contributed by atoms with E-state index in [1.165, 1.54) is 5.39 Å². The molecule has 2 aromatic carbocycles. The Kier molecular flexibility index (Phi) is 4.67. The predicted octanol–water partition coefficient (Wildman–Crippen LogP) is 3.66. The van der Waals surface area contributed by atoms with Gasteiger partial charge in [0.2, 0.25) is 0 Å². The fourth-order valence-electron chi connectivity index (χ4n) is 2.99. The zero-order chi connectivity index (χ0) is 18.2. The molecular weight excluding hydrogens is 311 g/mol. The predicted molar refractivity (Wildman–Crippen MR) is 106 cm³/mol. The fraction of sp³-hybridized carbons (Fsp3) is 0.400. The van der Waals surface area contributed by atoms with Crippen LogP contribution >= 0.6 is 0 Å². The number of nitrogen functional groups attached to an aromatic ring is 1. The third-order valence-electron chi connectivity index (χ3n) is 5.18. The van der Waals surface area contributed by atoms with Gasteiger partial charge in [-0.1, -0.05) is 24.3 Å². The molecule has 1 aliphatic heterocycles. The highest BCUT2D eigenvalue weighted by Gasteiger charge is 2.52. The van der Waals surface area contributed by atoms with Crippen LogP contribution in [0.15, 0.2) is 41.9 Å². The molecule has 0 amide bonds. The van der Waals surface area contributed by atoms with Gasteiger partial charge in [-0.3, -0.25) is 0 Å². The Morgan fingerprint density at radius 3 is 2.28 bits per heavy atom. The first-order valence-corrected chi connectivity index (χ1v) is 8.72. The van der Waals surface area contributed by atoms with E-state index in [2.05, 4.69) is 63.4 Å². The molecule has 0 aromatic heterocycles. The van der Waals surface area contributed by atoms with Gasteiger partial charge in [0.25, 0.3) is 0 Å². The molecule has 0 atom stereocenters. The van der Waals surface area contributed by atoms with E-state index in [9.17, 15) is 0 Å². The third kappa shape index (κ3) is 3.59. The molecule has 2 aromatic rings. The van der Waals surface area contributed by atoms with Crippen LogP contribution in [0.1, 0.15) is 33.3 Å². The van der Waals surface area contributed by atoms with Crippen LogP contribution in [0.5, 0.6) is 0 Å². The van der Waals surface area contributed by atoms with Gasteiger partial charge < -0.3 is 20.4 Å². The summed E-state index contributed by atoms with van der Waals surface area (Å²) in [5.74, 6) is 0. The molecule has 0 saturated carbocycles. The van der Waals surface area contributed by atoms with E-state index in [0.29, 0.717) is 6.54 Å². The van der Waals surface area contributed by atoms with E-state index < -0.39 is 0 Å². The second kappa shape index (κ2) is 6.48. The summed E-state index contributed by atoms with van der Waals surface area (Å²) in [4.78, 5) is 0. The highest BCUT2D eigenvalue weighted by molar-refractivity contribution is 6.55. The van der Waals surface area contributed by atoms with Gasteiger partial charge in [0.05, 0.1) is 11.2 Å². The zero-order valence-electron chi connectivity index (χ0n) is 15.7. The first kappa shape index (κ1) is 18.0. The van der Waals surface area contributed by atoms with Crippen LogP contribution in [0.2, 0.25) is 0 Å². The van der Waals surface area contributed by atoms with Crippen molar-refractivity contribution in [3.63, 3.8) is 0 Å². The number of rotatable bonds is 4. The van der Waals surface area contributed by atoms with Gasteiger partial charge in [-0.05, 0) is 74.8 Å². The lowest BCUT2D eigenvalue weighted by Crippen LogP contribution is -2.41. The number of hydrogen-bond donors (Lipinski definition) is 2. The van der Waals surface area contributed by atoms with Crippen molar-refractivity contribution in [1.29, 1.82) is 0 Å². The fourth-order valence-corrected chi connectivity index (χ4v) is 2.99. The lowest BCUT2D eigenvalue weighted by molar-refractivity contribution is 0.00578. The van der Waals surface area contributed by atoms with E-state index >= 15 is 0 Å². The molecule has 0 radical (unpaired) electrons. The van der Waals surface area contributed by atoms with Crippen LogP contribution in [0, 0.1) is 0 Å². The van der Waals surface area contributed by atoms with E-state index in [0.717, 1.165) is 22.1 Å². The molecule has 1 fully saturated rings. The monoisotopic (exact) mass is 338 g/mol. The van der Waals surface area contributed by atoms with E-state index in [1.54, 1.807) is 0 Å². The van der Waals surface area contributed by atoms with Crippen molar-refractivity contribution in [3.05, 3.63) is 47.4 Å². The second-order valence-electron chi connectivity index (χ2n) is 7.70. The molecular formula is C20H27BN2O2. The molecule has 0 aliphatic carbocycles. The molecule has 1 heterocycles. The minimum Gasteiger partial charge on any atom is -0.400 e. The van der Waals surface area contributed by atoms with Gasteiger partial charge in [0.15, 0.2) is 0 Å². The summed E-state index contributed by atoms with van der Waals surface area (Å²) in [6.45, 7) is 9.00. The molecule has 1 saturated heterocycles. The Labute approximate surface area is 150 Å². The Bertz CT molecular complexity index is 798. The molecule has 0 unspecified atom stereocenters. The molecule has 0 bridgehead atoms. The van der Waals surface area contributed by atoms with Gasteiger partial charge in [0, 0.05) is 12.2 Å². The SMILES string of the molecule is CNCC(=Cc1ccc2cc(N)ccc2c1)B1OC(C)(C)C(C)(C)O1. The van der Waals surface area contributed by atoms with E-state index in [-0.39, 0.29) is 18.3 Å². The summed E-state index contributed by atoms with van der Waals surface area (Å²) in [5.41, 5.74) is 8.16. The van der Waals surface area contributed by atoms with Gasteiger partial charge in [0.1, 0.15) is 0 Å². The summed E-state index contributed by atoms with van der Waals surface area (Å²) >= 11 is 0. The van der Waals surface area contributed by atoms with Crippen LogP contribution in [-0.2, 0) is 9.31 Å². The van der Waals surface area contributed by atoms with Gasteiger partial charge in [-0.25, -0.2) is 0 Å². The lowest BCUT2D eigenvalue weighted by Gasteiger charge is -2.32. The standard InChI is InChI=1S/C20H27BN2O2/c1-19(2)20(3,4)25-21(24-19)17(13-23-5)11-14-6-7-16-12-18(22)9-8-15(16)10-14/h6-12,23H,13,22H2,1-5H3. The maximum atomic E-state index is 6.21. The second-order valence-corrected chi connectivity index (χ2v) is 7.70. The van der Waals surface area contributed by atoms with Crippen LogP contribution in [0.3, 0.4) is 0 Å². The van der Waals surface area contributed by atoms with Crippen molar-refractivity contribution >= 4 is 29.7 Å². The Balaban J connectivity index is 1.94. The average Bonchev–Trinajstić information content (AvgIpc) is 2.75. The minimum absolute atomic E-state index is 0.342. The minimum atomic E-state index is -0.348. The van der Waals surface area contributed by atoms with Gasteiger partial charge >= 0.3 is 7.12 Å². The third-order valence-corrected chi connectivity index (χ3v) is 5.18. The molecule has 3 rings (SSSR count). The number of fused-ring (bicyclic) bond motifs is 1. The molecule has 5 heteroatoms. The van der Waals surface area contributed by atoms with Crippen molar-refractivity contribution in [3.8, 4) is 0 Å². The van der Waals surface area contributed by atoms with Crippen molar-refractivity contribution in [2.24, 2.45) is 0 Å². The van der Waals surface area contributed by atoms with Crippen LogP contribution < -0.4 is 11.1 Å². The van der Waals surface area contributed by atoms with Gasteiger partial charge in [-0.15, -0.1) is 0 Å². The summed E-state index contributed by atoms with van der Waals surface area (Å²) in [6, 6.07) is 12.3. The first-order valence-electron chi connectivity index (χ1n) is 8.72. The molecule has 3 N–H and O–H groups in total. The largest absolute Gasteiger partial charge is 0.491 e. The first-order chi connectivity index (χ1) is 11.7. The Morgan fingerprint density at radius 1 is 1.04 bits per heavy atom. The number of hydrogen-bond acceptors (Lipinski definition) is 4. The Hall–Kier alpha value is -1.82. The van der Waals surface area contributed by atoms with E-state index in [1.807, 2.05) is 19.2 Å². The van der Waals surface area contributed by atoms with Crippen LogP contribution in [-0.4, -0.2) is 31.9 Å². The smallest absolute Gasteiger partial charge is 0.400 e. The summed E-state index contributed by atoms with van der Waals surface area (Å²) < 4.78 is 12.4. The van der Waals surface area contributed by atoms with Crippen molar-refractivity contribution in [1.82, 2.24) is 5.32 Å². The van der Waals surface area contributed by atoms with Crippen molar-refractivity contribution in [2.75, 3.05) is 19.3 Å². The van der Waals surface area contributed by atoms with Crippen LogP contribution in [0.25, 0.3) is 16.8 Å². The summed E-state index contributed by atoms with van der Waals surface area (Å²) in [6.07, 6.45) is 2.15. The van der Waals surface area contributed by atoms with Crippen molar-refractivity contribution < 1.29 is 9.31 Å². The normalized spacial score (nSPS) is 19.6. The molecule has 1 aliphatic rings. The number of likely N-dealkylation sites (N-methyl/N-ethyl adjacent to an activating group) is 1. The maximum absolute atomic E-state index is 6.21. The quantitative estimate of drug-likeness (QED) is 0.660. The molecule has 25 heavy (non-hydrogen) atoms. The number of anilines is 1. The van der Waals surface area contributed by atoms with Crippen LogP contribution in [0.4, 0.5) is 5.69 Å². The Morgan fingerprint density at radius 2 is 1.64 bits per heavy atom. The molecule has 4 nitrogen and oxygen atoms in total. The maximum Gasteiger partial charge on any atom is 0.491 e.